The van der Waals surface area contributed by atoms with Gasteiger partial charge in [0.1, 0.15) is 30.3 Å². The van der Waals surface area contributed by atoms with Crippen molar-refractivity contribution in [2.24, 2.45) is 5.41 Å². The monoisotopic (exact) mass is 1140 g/mol. The summed E-state index contributed by atoms with van der Waals surface area (Å²) in [4.78, 5) is 51.9. The van der Waals surface area contributed by atoms with Crippen LogP contribution in [-0.2, 0) is 67.3 Å². The molecule has 0 aliphatic carbocycles. The summed E-state index contributed by atoms with van der Waals surface area (Å²) in [5.41, 5.74) is 0.752. The third-order valence-corrected chi connectivity index (χ3v) is 15.8. The van der Waals surface area contributed by atoms with Gasteiger partial charge in [-0.1, -0.05) is 76.1 Å². The largest absolute Gasteiger partial charge is 0.465 e. The summed E-state index contributed by atoms with van der Waals surface area (Å²) < 4.78 is 80.9. The summed E-state index contributed by atoms with van der Waals surface area (Å²) in [6.45, 7) is 23.6. The molecule has 75 heavy (non-hydrogen) atoms. The molecule has 0 aromatic heterocycles. The minimum absolute atomic E-state index is 0. The first-order valence-electron chi connectivity index (χ1n) is 24.8. The number of alkyl halides is 2. The number of likely N-dealkylation sites (N-methyl/N-ethyl adjacent to an activating group) is 3. The van der Waals surface area contributed by atoms with Gasteiger partial charge in [-0.25, -0.2) is 21.6 Å². The molecule has 2 aromatic rings. The highest BCUT2D eigenvalue weighted by molar-refractivity contribution is 7.91. The van der Waals surface area contributed by atoms with Crippen molar-refractivity contribution in [2.75, 3.05) is 113 Å². The number of nitrogens with zero attached hydrogens (tertiary/aromatic N) is 3. The fraction of sp³-hybridized carbons (Fsp3) is 0.667. The van der Waals surface area contributed by atoms with Crippen LogP contribution in [0.5, 0.6) is 0 Å². The number of aryl methyl sites for hydroxylation is 2. The van der Waals surface area contributed by atoms with Crippen LogP contribution in [-0.4, -0.2) is 190 Å². The maximum atomic E-state index is 13.1. The molecule has 0 saturated carbocycles. The molecule has 2 fully saturated rings. The fourth-order valence-electron chi connectivity index (χ4n) is 6.22. The Morgan fingerprint density at radius 1 is 0.627 bits per heavy atom. The van der Waals surface area contributed by atoms with Crippen molar-refractivity contribution < 1.29 is 64.4 Å². The van der Waals surface area contributed by atoms with Gasteiger partial charge in [-0.15, -0.1) is 23.2 Å². The first-order chi connectivity index (χ1) is 34.3. The highest BCUT2D eigenvalue weighted by Crippen LogP contribution is 2.38. The summed E-state index contributed by atoms with van der Waals surface area (Å²) in [5.74, 6) is -3.51. The maximum absolute atomic E-state index is 13.1. The van der Waals surface area contributed by atoms with Gasteiger partial charge in [-0.2, -0.15) is 0 Å². The van der Waals surface area contributed by atoms with Crippen molar-refractivity contribution in [2.45, 2.75) is 127 Å². The average Bonchev–Trinajstić information content (AvgIpc) is 4.26. The molecule has 4 rings (SSSR count). The van der Waals surface area contributed by atoms with E-state index < -0.39 is 64.3 Å². The topological polar surface area (TPSA) is 208 Å². The standard InChI is InChI=1S/C22H31ClO7S.C15H21ClO4S.C9H23N3.C7H10O3.CH4/c1-5-6-11-28-19(24)21(3,14-22(4,23)20(25)30-13-17-12-29-17)15-31(26,27)18-9-7-16(2)8-10-18;1-4-5-10-20-14(17)15(3,16)11-21(18,19)13-8-6-12(2)7-9-13;1-10(2)6-8-12(5)9-7-11(3)4;1-5(2)7(8)10-4-6-3-9-6;/h7-10,17H,5-6,11-15H2,1-4H3;6-9H,4-5,10-11H2,1-3H3;6-9H2,1-5H3;6H,1,3-4H2,2H3;1H4. The highest BCUT2D eigenvalue weighted by Gasteiger charge is 2.49. The van der Waals surface area contributed by atoms with Gasteiger partial charge in [0, 0.05) is 31.8 Å². The number of carbonyl (C=O) groups excluding carboxylic acids is 4. The number of hydrogen-bond donors (Lipinski definition) is 0. The van der Waals surface area contributed by atoms with E-state index in [9.17, 15) is 36.0 Å². The lowest BCUT2D eigenvalue weighted by Crippen LogP contribution is -2.45. The van der Waals surface area contributed by atoms with E-state index in [1.54, 1.807) is 31.2 Å². The second-order valence-corrected chi connectivity index (χ2v) is 25.7. The first-order valence-corrected chi connectivity index (χ1v) is 28.9. The van der Waals surface area contributed by atoms with Crippen LogP contribution in [0.15, 0.2) is 70.5 Å². The number of esters is 4. The number of rotatable bonds is 28. The summed E-state index contributed by atoms with van der Waals surface area (Å²) in [6.07, 6.45) is 2.81. The van der Waals surface area contributed by atoms with E-state index in [1.165, 1.54) is 45.0 Å². The number of sulfone groups is 2. The molecule has 2 saturated heterocycles. The number of benzene rings is 2. The Morgan fingerprint density at radius 3 is 1.37 bits per heavy atom. The predicted octanol–water partition coefficient (Wildman–Crippen LogP) is 7.74. The Bertz CT molecular complexity index is 2260. The zero-order valence-electron chi connectivity index (χ0n) is 46.1. The highest BCUT2D eigenvalue weighted by atomic mass is 35.5. The normalized spacial score (nSPS) is 17.0. The molecule has 2 heterocycles. The summed E-state index contributed by atoms with van der Waals surface area (Å²) in [7, 11) is 3.12. The Kier molecular flexibility index (Phi) is 32.6. The van der Waals surface area contributed by atoms with Crippen LogP contribution in [0.2, 0.25) is 0 Å². The second kappa shape index (κ2) is 34.3. The number of halogens is 2. The lowest BCUT2D eigenvalue weighted by atomic mass is 9.82. The van der Waals surface area contributed by atoms with E-state index in [4.69, 9.17) is 51.6 Å². The smallest absolute Gasteiger partial charge is 0.333 e. The van der Waals surface area contributed by atoms with E-state index in [1.807, 2.05) is 27.7 Å². The molecule has 0 bridgehead atoms. The third-order valence-electron chi connectivity index (χ3n) is 11.1. The van der Waals surface area contributed by atoms with Crippen molar-refractivity contribution in [1.29, 1.82) is 0 Å². The maximum Gasteiger partial charge on any atom is 0.333 e. The molecule has 0 amide bonds. The van der Waals surface area contributed by atoms with Gasteiger partial charge >= 0.3 is 23.9 Å². The molecule has 2 aliphatic heterocycles. The van der Waals surface area contributed by atoms with Crippen LogP contribution in [0.4, 0.5) is 0 Å². The molecule has 5 unspecified atom stereocenters. The van der Waals surface area contributed by atoms with E-state index in [0.717, 1.165) is 56.6 Å². The SMILES string of the molecule is C.C=C(C)C(=O)OCC1CO1.CCCCOC(=O)C(C)(CC(C)(Cl)C(=O)OCC1CO1)CS(=O)(=O)c1ccc(C)cc1.CCCCOC(=O)C(C)(Cl)CS(=O)(=O)c1ccc(C)cc1.CN(C)CCN(C)CCN(C)C. The van der Waals surface area contributed by atoms with Crippen LogP contribution in [0.1, 0.15) is 92.2 Å². The van der Waals surface area contributed by atoms with Crippen molar-refractivity contribution >= 4 is 66.8 Å². The molecule has 21 heteroatoms. The Balaban J connectivity index is 0.00000107. The van der Waals surface area contributed by atoms with Crippen molar-refractivity contribution in [3.8, 4) is 0 Å². The van der Waals surface area contributed by atoms with Crippen molar-refractivity contribution in [1.82, 2.24) is 14.7 Å². The molecular formula is C54H89Cl2N3O14S2. The van der Waals surface area contributed by atoms with Crippen LogP contribution < -0.4 is 0 Å². The van der Waals surface area contributed by atoms with Gasteiger partial charge in [0.25, 0.3) is 0 Å². The van der Waals surface area contributed by atoms with Crippen molar-refractivity contribution in [3.05, 3.63) is 71.8 Å². The number of carbonyl (C=O) groups is 4. The molecule has 5 atom stereocenters. The van der Waals surface area contributed by atoms with Gasteiger partial charge in [0.15, 0.2) is 24.5 Å². The zero-order chi connectivity index (χ0) is 56.5. The van der Waals surface area contributed by atoms with Crippen LogP contribution in [0.3, 0.4) is 0 Å². The molecule has 0 radical (unpaired) electrons. The van der Waals surface area contributed by atoms with Crippen LogP contribution >= 0.6 is 23.2 Å². The van der Waals surface area contributed by atoms with Crippen molar-refractivity contribution in [3.63, 3.8) is 0 Å². The summed E-state index contributed by atoms with van der Waals surface area (Å²) in [5, 5.41) is 0. The number of unbranched alkanes of at least 4 members (excludes halogenated alkanes) is 2. The van der Waals surface area contributed by atoms with E-state index in [2.05, 4.69) is 56.5 Å². The lowest BCUT2D eigenvalue weighted by molar-refractivity contribution is -0.156. The molecule has 2 aromatic carbocycles. The second-order valence-electron chi connectivity index (χ2n) is 20.1. The van der Waals surface area contributed by atoms with Gasteiger partial charge in [-0.05, 0) is 120 Å². The van der Waals surface area contributed by atoms with Gasteiger partial charge in [0.2, 0.25) is 0 Å². The Labute approximate surface area is 460 Å². The lowest BCUT2D eigenvalue weighted by Gasteiger charge is -2.32. The third kappa shape index (κ3) is 30.2. The van der Waals surface area contributed by atoms with E-state index >= 15 is 0 Å². The minimum Gasteiger partial charge on any atom is -0.465 e. The van der Waals surface area contributed by atoms with Crippen LogP contribution in [0.25, 0.3) is 0 Å². The summed E-state index contributed by atoms with van der Waals surface area (Å²) >= 11 is 12.5. The van der Waals surface area contributed by atoms with E-state index in [0.29, 0.717) is 31.8 Å². The molecule has 0 N–H and O–H groups in total. The molecule has 17 nitrogen and oxygen atoms in total. The summed E-state index contributed by atoms with van der Waals surface area (Å²) in [6, 6.07) is 12.8. The van der Waals surface area contributed by atoms with Crippen LogP contribution in [0, 0.1) is 19.3 Å². The minimum atomic E-state index is -3.86. The Hall–Kier alpha value is -3.66. The predicted molar refractivity (Wildman–Crippen MR) is 297 cm³/mol. The van der Waals surface area contributed by atoms with Gasteiger partial charge in [0.05, 0.1) is 53.1 Å². The average molecular weight is 1140 g/mol. The first kappa shape index (κ1) is 71.3. The molecule has 2 aliphatic rings. The molecule has 0 spiro atoms. The van der Waals surface area contributed by atoms with Gasteiger partial charge in [-0.3, -0.25) is 14.4 Å². The quantitative estimate of drug-likeness (QED) is 0.0199. The molecule has 430 valence electrons. The number of ether oxygens (including phenoxy) is 6. The number of hydrogen-bond acceptors (Lipinski definition) is 17. The fourth-order valence-corrected chi connectivity index (χ4v) is 10.4. The molecular weight excluding hydrogens is 1050 g/mol. The number of epoxide rings is 2. The van der Waals surface area contributed by atoms with Gasteiger partial charge < -0.3 is 43.1 Å². The van der Waals surface area contributed by atoms with E-state index in [-0.39, 0.29) is 61.6 Å². The zero-order valence-corrected chi connectivity index (χ0v) is 49.3. The Morgan fingerprint density at radius 2 is 1.00 bits per heavy atom.